The number of para-hydroxylation sites is 1. The molecule has 126 valence electrons. The molecule has 25 heavy (non-hydrogen) atoms. The van der Waals surface area contributed by atoms with Crippen LogP contribution in [-0.2, 0) is 0 Å². The van der Waals surface area contributed by atoms with Gasteiger partial charge in [-0.1, -0.05) is 18.2 Å². The molecule has 0 saturated carbocycles. The molecule has 0 radical (unpaired) electrons. The van der Waals surface area contributed by atoms with Crippen LogP contribution in [0.4, 0.5) is 11.4 Å². The average Bonchev–Trinajstić information content (AvgIpc) is 2.91. The summed E-state index contributed by atoms with van der Waals surface area (Å²) in [6.45, 7) is 1.79. The third-order valence-electron chi connectivity index (χ3n) is 3.60. The number of hydrogen-bond donors (Lipinski definition) is 2. The van der Waals surface area contributed by atoms with Gasteiger partial charge < -0.3 is 0 Å². The van der Waals surface area contributed by atoms with E-state index in [1.54, 1.807) is 19.1 Å². The van der Waals surface area contributed by atoms with Crippen LogP contribution in [0.3, 0.4) is 0 Å². The largest absolute Gasteiger partial charge is 0.295 e. The Morgan fingerprint density at radius 3 is 2.48 bits per heavy atom. The van der Waals surface area contributed by atoms with Crippen molar-refractivity contribution in [2.45, 2.75) is 6.92 Å². The van der Waals surface area contributed by atoms with Gasteiger partial charge in [-0.05, 0) is 31.2 Å². The number of non-ortho nitro benzene ring substituents is 1. The Bertz CT molecular complexity index is 972. The molecule has 8 heteroatoms. The summed E-state index contributed by atoms with van der Waals surface area (Å²) in [7, 11) is 0. The molecule has 1 heterocycles. The third-order valence-corrected chi connectivity index (χ3v) is 3.60. The minimum absolute atomic E-state index is 0.00163. The molecule has 3 rings (SSSR count). The number of H-pyrrole nitrogens is 1. The van der Waals surface area contributed by atoms with E-state index >= 15 is 0 Å². The van der Waals surface area contributed by atoms with E-state index in [0.717, 1.165) is 5.69 Å². The van der Waals surface area contributed by atoms with E-state index in [4.69, 9.17) is 0 Å². The normalized spacial score (nSPS) is 10.9. The van der Waals surface area contributed by atoms with Gasteiger partial charge in [-0.3, -0.25) is 25.4 Å². The summed E-state index contributed by atoms with van der Waals surface area (Å²) in [6, 6.07) is 15.1. The Balaban J connectivity index is 1.79. The van der Waals surface area contributed by atoms with Crippen molar-refractivity contribution in [1.29, 1.82) is 0 Å². The third kappa shape index (κ3) is 3.47. The molecule has 0 saturated heterocycles. The van der Waals surface area contributed by atoms with Crippen molar-refractivity contribution in [3.8, 4) is 5.69 Å². The van der Waals surface area contributed by atoms with Gasteiger partial charge in [0, 0.05) is 17.8 Å². The van der Waals surface area contributed by atoms with Gasteiger partial charge in [-0.15, -0.1) is 0 Å². The van der Waals surface area contributed by atoms with Crippen molar-refractivity contribution in [1.82, 2.24) is 9.78 Å². The number of nitrogens with one attached hydrogen (secondary N) is 2. The minimum Gasteiger partial charge on any atom is -0.295 e. The van der Waals surface area contributed by atoms with Gasteiger partial charge in [-0.2, -0.15) is 5.10 Å². The zero-order valence-corrected chi connectivity index (χ0v) is 13.3. The number of aromatic nitrogens is 2. The van der Waals surface area contributed by atoms with E-state index in [1.165, 1.54) is 23.0 Å². The molecule has 8 nitrogen and oxygen atoms in total. The highest BCUT2D eigenvalue weighted by Crippen LogP contribution is 2.15. The molecule has 3 aromatic rings. The monoisotopic (exact) mass is 337 g/mol. The number of anilines is 1. The lowest BCUT2D eigenvalue weighted by molar-refractivity contribution is -0.384. The van der Waals surface area contributed by atoms with Crippen molar-refractivity contribution in [3.05, 3.63) is 86.3 Å². The van der Waals surface area contributed by atoms with Crippen LogP contribution in [0, 0.1) is 17.0 Å². The maximum atomic E-state index is 12.5. The van der Waals surface area contributed by atoms with Crippen molar-refractivity contribution < 1.29 is 4.92 Å². The number of benzene rings is 2. The Kier molecular flexibility index (Phi) is 4.42. The Labute approximate surface area is 142 Å². The van der Waals surface area contributed by atoms with Crippen LogP contribution >= 0.6 is 0 Å². The van der Waals surface area contributed by atoms with E-state index in [2.05, 4.69) is 15.6 Å². The smallest absolute Gasteiger partial charge is 0.280 e. The van der Waals surface area contributed by atoms with E-state index in [1.807, 2.05) is 30.3 Å². The zero-order chi connectivity index (χ0) is 17.8. The fourth-order valence-electron chi connectivity index (χ4n) is 2.30. The number of nitrogens with zero attached hydrogens (tertiary/aromatic N) is 3. The molecule has 0 aliphatic carbocycles. The van der Waals surface area contributed by atoms with E-state index in [0.29, 0.717) is 16.9 Å². The van der Waals surface area contributed by atoms with E-state index in [-0.39, 0.29) is 11.2 Å². The highest BCUT2D eigenvalue weighted by molar-refractivity contribution is 5.81. The van der Waals surface area contributed by atoms with Gasteiger partial charge in [0.15, 0.2) is 0 Å². The lowest BCUT2D eigenvalue weighted by Crippen LogP contribution is -2.17. The molecule has 0 aliphatic heterocycles. The Morgan fingerprint density at radius 2 is 1.84 bits per heavy atom. The zero-order valence-electron chi connectivity index (χ0n) is 13.3. The second-order valence-corrected chi connectivity index (χ2v) is 5.30. The summed E-state index contributed by atoms with van der Waals surface area (Å²) >= 11 is 0. The SMILES string of the molecule is Cc1[nH]n(-c2ccccc2)c(=O)c1C=NNc1ccc([N+](=O)[O-])cc1. The summed E-state index contributed by atoms with van der Waals surface area (Å²) < 4.78 is 1.45. The summed E-state index contributed by atoms with van der Waals surface area (Å²) in [5.74, 6) is 0. The summed E-state index contributed by atoms with van der Waals surface area (Å²) in [5, 5.41) is 17.7. The van der Waals surface area contributed by atoms with Crippen molar-refractivity contribution >= 4 is 17.6 Å². The van der Waals surface area contributed by atoms with Crippen LogP contribution in [0.5, 0.6) is 0 Å². The van der Waals surface area contributed by atoms with Gasteiger partial charge in [0.25, 0.3) is 11.2 Å². The molecule has 0 fully saturated rings. The highest BCUT2D eigenvalue weighted by atomic mass is 16.6. The maximum absolute atomic E-state index is 12.5. The molecule has 0 amide bonds. The Morgan fingerprint density at radius 1 is 1.16 bits per heavy atom. The minimum atomic E-state index is -0.470. The molecule has 2 aromatic carbocycles. The van der Waals surface area contributed by atoms with E-state index in [9.17, 15) is 14.9 Å². The highest BCUT2D eigenvalue weighted by Gasteiger charge is 2.10. The lowest BCUT2D eigenvalue weighted by Gasteiger charge is -1.99. The predicted molar refractivity (Wildman–Crippen MR) is 95.4 cm³/mol. The number of hydrogen-bond acceptors (Lipinski definition) is 5. The summed E-state index contributed by atoms with van der Waals surface area (Å²) in [6.07, 6.45) is 1.43. The van der Waals surface area contributed by atoms with Gasteiger partial charge >= 0.3 is 0 Å². The van der Waals surface area contributed by atoms with Crippen molar-refractivity contribution in [2.24, 2.45) is 5.10 Å². The molecule has 2 N–H and O–H groups in total. The molecular formula is C17H15N5O3. The van der Waals surface area contributed by atoms with Crippen molar-refractivity contribution in [3.63, 3.8) is 0 Å². The number of aromatic amines is 1. The van der Waals surface area contributed by atoms with Crippen LogP contribution in [-0.4, -0.2) is 20.9 Å². The fraction of sp³-hybridized carbons (Fsp3) is 0.0588. The second kappa shape index (κ2) is 6.83. The van der Waals surface area contributed by atoms with Gasteiger partial charge in [0.05, 0.1) is 28.1 Å². The predicted octanol–water partition coefficient (Wildman–Crippen LogP) is 2.83. The number of hydrazone groups is 1. The first-order valence-corrected chi connectivity index (χ1v) is 7.47. The number of rotatable bonds is 5. The molecule has 0 spiro atoms. The van der Waals surface area contributed by atoms with Gasteiger partial charge in [0.2, 0.25) is 0 Å². The first kappa shape index (κ1) is 16.2. The maximum Gasteiger partial charge on any atom is 0.280 e. The van der Waals surface area contributed by atoms with Crippen LogP contribution in [0.2, 0.25) is 0 Å². The second-order valence-electron chi connectivity index (χ2n) is 5.30. The van der Waals surface area contributed by atoms with Crippen LogP contribution < -0.4 is 11.0 Å². The molecule has 0 unspecified atom stereocenters. The van der Waals surface area contributed by atoms with E-state index < -0.39 is 4.92 Å². The molecule has 0 bridgehead atoms. The molecular weight excluding hydrogens is 322 g/mol. The average molecular weight is 337 g/mol. The van der Waals surface area contributed by atoms with Gasteiger partial charge in [0.1, 0.15) is 0 Å². The quantitative estimate of drug-likeness (QED) is 0.424. The standard InChI is InChI=1S/C17H15N5O3/c1-12-16(17(23)21(20-12)14-5-3-2-4-6-14)11-18-19-13-7-9-15(10-8-13)22(24)25/h2-11,19-20H,1H3. The Hall–Kier alpha value is -3.68. The van der Waals surface area contributed by atoms with Crippen LogP contribution in [0.1, 0.15) is 11.3 Å². The number of nitro benzene ring substituents is 1. The summed E-state index contributed by atoms with van der Waals surface area (Å²) in [5.41, 5.74) is 4.97. The number of nitro groups is 1. The van der Waals surface area contributed by atoms with Crippen LogP contribution in [0.25, 0.3) is 5.69 Å². The first-order valence-electron chi connectivity index (χ1n) is 7.47. The topological polar surface area (TPSA) is 105 Å². The van der Waals surface area contributed by atoms with Gasteiger partial charge in [-0.25, -0.2) is 4.68 Å². The summed E-state index contributed by atoms with van der Waals surface area (Å²) in [4.78, 5) is 22.6. The molecule has 0 aliphatic rings. The molecule has 0 atom stereocenters. The van der Waals surface area contributed by atoms with Crippen molar-refractivity contribution in [2.75, 3.05) is 5.43 Å². The fourth-order valence-corrected chi connectivity index (χ4v) is 2.30. The van der Waals surface area contributed by atoms with Crippen LogP contribution in [0.15, 0.2) is 64.5 Å². The molecule has 1 aromatic heterocycles. The lowest BCUT2D eigenvalue weighted by atomic mass is 10.3. The first-order chi connectivity index (χ1) is 12.1. The number of aryl methyl sites for hydroxylation is 1.